The quantitative estimate of drug-likeness (QED) is 0.318. The monoisotopic (exact) mass is 603 g/mol. The Bertz CT molecular complexity index is 1430. The Labute approximate surface area is 243 Å². The highest BCUT2D eigenvalue weighted by molar-refractivity contribution is 7.92. The first-order valence-electron chi connectivity index (χ1n) is 13.1. The van der Waals surface area contributed by atoms with Gasteiger partial charge in [-0.25, -0.2) is 12.8 Å². The first-order valence-corrected chi connectivity index (χ1v) is 14.9. The van der Waals surface area contributed by atoms with Crippen molar-refractivity contribution in [3.63, 3.8) is 0 Å². The molecule has 3 aromatic rings. The number of hydrogen-bond donors (Lipinski definition) is 2. The lowest BCUT2D eigenvalue weighted by molar-refractivity contribution is -0.142. The predicted octanol–water partition coefficient (Wildman–Crippen LogP) is 4.37. The highest BCUT2D eigenvalue weighted by Gasteiger charge is 2.27. The molecule has 218 valence electrons. The minimum absolute atomic E-state index is 0.0347. The molecule has 41 heavy (non-hydrogen) atoms. The maximum absolute atomic E-state index is 13.3. The van der Waals surface area contributed by atoms with Crippen molar-refractivity contribution < 1.29 is 31.9 Å². The lowest BCUT2D eigenvalue weighted by Gasteiger charge is -2.29. The summed E-state index contributed by atoms with van der Waals surface area (Å²) < 4.78 is 52.0. The van der Waals surface area contributed by atoms with Crippen molar-refractivity contribution in [3.05, 3.63) is 89.2 Å². The Kier molecular flexibility index (Phi) is 10.2. The highest BCUT2D eigenvalue weighted by Crippen LogP contribution is 2.20. The number of anilines is 1. The van der Waals surface area contributed by atoms with E-state index in [9.17, 15) is 22.4 Å². The molecule has 0 saturated carbocycles. The highest BCUT2D eigenvalue weighted by atomic mass is 35.5. The first kappa shape index (κ1) is 30.3. The van der Waals surface area contributed by atoms with Gasteiger partial charge in [-0.2, -0.15) is 0 Å². The molecule has 1 heterocycles. The van der Waals surface area contributed by atoms with Gasteiger partial charge in [0.25, 0.3) is 15.9 Å². The second kappa shape index (κ2) is 13.8. The zero-order valence-corrected chi connectivity index (χ0v) is 24.0. The summed E-state index contributed by atoms with van der Waals surface area (Å²) >= 11 is 6.00. The molecule has 1 saturated heterocycles. The Morgan fingerprint density at radius 2 is 1.76 bits per heavy atom. The normalized spacial score (nSPS) is 15.6. The van der Waals surface area contributed by atoms with Gasteiger partial charge in [0.2, 0.25) is 5.91 Å². The SMILES string of the molecule is CC(C(=O)NCC1CCCO1)N(Cc1ccc(Cl)cc1)C(=O)COc1ccc(S(=O)(=O)Nc2ccc(F)cc2)cc1. The maximum atomic E-state index is 13.3. The van der Waals surface area contributed by atoms with Gasteiger partial charge >= 0.3 is 0 Å². The average molecular weight is 604 g/mol. The summed E-state index contributed by atoms with van der Waals surface area (Å²) in [5.41, 5.74) is 0.997. The van der Waals surface area contributed by atoms with Crippen molar-refractivity contribution in [3.8, 4) is 5.75 Å². The van der Waals surface area contributed by atoms with Crippen LogP contribution in [0.4, 0.5) is 10.1 Å². The molecule has 0 bridgehead atoms. The fourth-order valence-corrected chi connectivity index (χ4v) is 5.40. The van der Waals surface area contributed by atoms with Crippen LogP contribution in [0.1, 0.15) is 25.3 Å². The van der Waals surface area contributed by atoms with Gasteiger partial charge in [-0.1, -0.05) is 23.7 Å². The number of halogens is 2. The lowest BCUT2D eigenvalue weighted by Crippen LogP contribution is -2.50. The number of carbonyl (C=O) groups excluding carboxylic acids is 2. The molecular weight excluding hydrogens is 573 g/mol. The van der Waals surface area contributed by atoms with E-state index in [4.69, 9.17) is 21.1 Å². The van der Waals surface area contributed by atoms with Crippen molar-refractivity contribution in [1.82, 2.24) is 10.2 Å². The van der Waals surface area contributed by atoms with E-state index in [0.29, 0.717) is 18.2 Å². The van der Waals surface area contributed by atoms with E-state index in [-0.39, 0.29) is 41.5 Å². The van der Waals surface area contributed by atoms with E-state index in [1.165, 1.54) is 41.3 Å². The third-order valence-corrected chi connectivity index (χ3v) is 8.20. The minimum Gasteiger partial charge on any atom is -0.484 e. The molecule has 1 aliphatic rings. The smallest absolute Gasteiger partial charge is 0.261 e. The largest absolute Gasteiger partial charge is 0.484 e. The number of ether oxygens (including phenoxy) is 2. The molecule has 12 heteroatoms. The summed E-state index contributed by atoms with van der Waals surface area (Å²) in [5.74, 6) is -0.967. The summed E-state index contributed by atoms with van der Waals surface area (Å²) in [7, 11) is -3.92. The van der Waals surface area contributed by atoms with Crippen molar-refractivity contribution in [1.29, 1.82) is 0 Å². The van der Waals surface area contributed by atoms with Crippen LogP contribution in [0.25, 0.3) is 0 Å². The Morgan fingerprint density at radius 3 is 2.39 bits per heavy atom. The van der Waals surface area contributed by atoms with Crippen LogP contribution in [0.5, 0.6) is 5.75 Å². The van der Waals surface area contributed by atoms with E-state index in [2.05, 4.69) is 10.0 Å². The van der Waals surface area contributed by atoms with Crippen molar-refractivity contribution >= 4 is 39.1 Å². The van der Waals surface area contributed by atoms with Gasteiger partial charge in [-0.05, 0) is 86.0 Å². The number of amides is 2. The summed E-state index contributed by atoms with van der Waals surface area (Å²) in [4.78, 5) is 27.6. The van der Waals surface area contributed by atoms with Crippen LogP contribution in [-0.4, -0.2) is 57.0 Å². The lowest BCUT2D eigenvalue weighted by atomic mass is 10.1. The van der Waals surface area contributed by atoms with Gasteiger partial charge in [0.1, 0.15) is 17.6 Å². The number of carbonyl (C=O) groups is 2. The van der Waals surface area contributed by atoms with Gasteiger partial charge in [-0.3, -0.25) is 14.3 Å². The molecule has 2 unspecified atom stereocenters. The third kappa shape index (κ3) is 8.66. The first-order chi connectivity index (χ1) is 19.6. The van der Waals surface area contributed by atoms with Gasteiger partial charge in [0.05, 0.1) is 11.0 Å². The Hall–Kier alpha value is -3.67. The van der Waals surface area contributed by atoms with E-state index in [1.54, 1.807) is 31.2 Å². The van der Waals surface area contributed by atoms with E-state index in [0.717, 1.165) is 30.5 Å². The molecule has 1 aliphatic heterocycles. The van der Waals surface area contributed by atoms with Crippen molar-refractivity contribution in [2.24, 2.45) is 0 Å². The number of nitrogens with one attached hydrogen (secondary N) is 2. The molecule has 2 N–H and O–H groups in total. The third-order valence-electron chi connectivity index (χ3n) is 6.55. The summed E-state index contributed by atoms with van der Waals surface area (Å²) in [5, 5.41) is 3.42. The summed E-state index contributed by atoms with van der Waals surface area (Å²) in [6, 6.07) is 16.6. The summed E-state index contributed by atoms with van der Waals surface area (Å²) in [6.07, 6.45) is 1.79. The molecule has 0 aliphatic carbocycles. The Morgan fingerprint density at radius 1 is 1.07 bits per heavy atom. The van der Waals surface area contributed by atoms with Gasteiger partial charge in [0.15, 0.2) is 6.61 Å². The van der Waals surface area contributed by atoms with Crippen LogP contribution in [0.3, 0.4) is 0 Å². The number of sulfonamides is 1. The van der Waals surface area contributed by atoms with Crippen LogP contribution < -0.4 is 14.8 Å². The molecule has 0 aromatic heterocycles. The van der Waals surface area contributed by atoms with Crippen LogP contribution in [0, 0.1) is 5.82 Å². The van der Waals surface area contributed by atoms with Gasteiger partial charge in [0, 0.05) is 30.4 Å². The van der Waals surface area contributed by atoms with Crippen LogP contribution in [0.2, 0.25) is 5.02 Å². The molecule has 0 spiro atoms. The number of benzene rings is 3. The molecule has 0 radical (unpaired) electrons. The average Bonchev–Trinajstić information content (AvgIpc) is 3.49. The van der Waals surface area contributed by atoms with Crippen LogP contribution in [-0.2, 0) is 30.9 Å². The zero-order valence-electron chi connectivity index (χ0n) is 22.4. The second-order valence-electron chi connectivity index (χ2n) is 9.58. The second-order valence-corrected chi connectivity index (χ2v) is 11.7. The topological polar surface area (TPSA) is 114 Å². The van der Waals surface area contributed by atoms with E-state index >= 15 is 0 Å². The molecule has 3 aromatic carbocycles. The van der Waals surface area contributed by atoms with Crippen molar-refractivity contribution in [2.75, 3.05) is 24.5 Å². The van der Waals surface area contributed by atoms with Crippen LogP contribution >= 0.6 is 11.6 Å². The molecule has 1 fully saturated rings. The van der Waals surface area contributed by atoms with Crippen LogP contribution in [0.15, 0.2) is 77.7 Å². The minimum atomic E-state index is -3.92. The maximum Gasteiger partial charge on any atom is 0.261 e. The van der Waals surface area contributed by atoms with Gasteiger partial charge < -0.3 is 19.7 Å². The number of rotatable bonds is 12. The van der Waals surface area contributed by atoms with E-state index in [1.807, 2.05) is 0 Å². The predicted molar refractivity (Wildman–Crippen MR) is 153 cm³/mol. The molecule has 2 atom stereocenters. The fourth-order valence-electron chi connectivity index (χ4n) is 4.21. The Balaban J connectivity index is 1.39. The van der Waals surface area contributed by atoms with Gasteiger partial charge in [-0.15, -0.1) is 0 Å². The molecule has 4 rings (SSSR count). The standard InChI is InChI=1S/C29H31ClFN3O6S/c1-20(29(36)32-17-26-3-2-16-39-26)34(18-21-4-6-22(30)7-5-21)28(35)19-40-25-12-14-27(15-13-25)41(37,38)33-24-10-8-23(31)9-11-24/h4-15,20,26,33H,2-3,16-19H2,1H3,(H,32,36). The summed E-state index contributed by atoms with van der Waals surface area (Å²) in [6.45, 7) is 2.46. The zero-order chi connectivity index (χ0) is 29.4. The molecular formula is C29H31ClFN3O6S. The fraction of sp³-hybridized carbons (Fsp3) is 0.310. The number of nitrogens with zero attached hydrogens (tertiary/aromatic N) is 1. The molecule has 9 nitrogen and oxygen atoms in total. The van der Waals surface area contributed by atoms with Crippen molar-refractivity contribution in [2.45, 2.75) is 43.4 Å². The van der Waals surface area contributed by atoms with E-state index < -0.39 is 27.8 Å². The molecule has 2 amide bonds. The number of hydrogen-bond acceptors (Lipinski definition) is 6.